The van der Waals surface area contributed by atoms with Gasteiger partial charge in [0.1, 0.15) is 0 Å². The van der Waals surface area contributed by atoms with E-state index in [4.69, 9.17) is 4.43 Å². The second kappa shape index (κ2) is 6.96. The highest BCUT2D eigenvalue weighted by molar-refractivity contribution is 6.74. The molecule has 0 N–H and O–H groups in total. The Bertz CT molecular complexity index is 728. The van der Waals surface area contributed by atoms with Gasteiger partial charge in [-0.2, -0.15) is 5.26 Å². The molecule has 0 radical (unpaired) electrons. The molecule has 162 valence electrons. The average molecular weight is 415 g/mol. The summed E-state index contributed by atoms with van der Waals surface area (Å²) in [5.41, 5.74) is 2.37. The van der Waals surface area contributed by atoms with Gasteiger partial charge in [0, 0.05) is 6.10 Å². The van der Waals surface area contributed by atoms with Crippen molar-refractivity contribution in [3.8, 4) is 6.07 Å². The van der Waals surface area contributed by atoms with Crippen LogP contribution >= 0.6 is 0 Å². The van der Waals surface area contributed by atoms with Gasteiger partial charge in [0.05, 0.1) is 12.0 Å². The summed E-state index contributed by atoms with van der Waals surface area (Å²) in [6.45, 7) is 16.9. The van der Waals surface area contributed by atoms with Crippen LogP contribution in [0, 0.1) is 45.8 Å². The standard InChI is InChI=1S/C26H43NOSi/c1-24(2,3)29(6,7)28-20-12-14-25(4)18(16-20)8-10-21-22-11-9-19(17-27)26(22,5)15-13-23(21)25/h8,19-23H,9-16H2,1-7H3/t19-,20+,21+,22+,23+,25+,26-/m1/s1/i17+1. The molecule has 4 rings (SSSR count). The lowest BCUT2D eigenvalue weighted by Gasteiger charge is -2.58. The molecule has 0 bridgehead atoms. The zero-order valence-electron chi connectivity index (χ0n) is 20.0. The SMILES string of the molecule is CC(C)(C)[Si](C)(C)O[C@H]1CC[C@@]2(C)C(=CC[C@H]3[C@@H]4CC[C@H]([13C]#N)[C@@]4(C)CC[C@@H]32)C1. The summed E-state index contributed by atoms with van der Waals surface area (Å²) in [5.74, 6) is 2.69. The highest BCUT2D eigenvalue weighted by Gasteiger charge is 2.59. The number of fused-ring (bicyclic) bond motifs is 5. The molecule has 0 heterocycles. The Morgan fingerprint density at radius 2 is 1.79 bits per heavy atom. The molecule has 2 nitrogen and oxygen atoms in total. The predicted octanol–water partition coefficient (Wildman–Crippen LogP) is 7.48. The van der Waals surface area contributed by atoms with Gasteiger partial charge in [-0.25, -0.2) is 0 Å². The van der Waals surface area contributed by atoms with Crippen molar-refractivity contribution in [1.29, 1.82) is 5.26 Å². The van der Waals surface area contributed by atoms with Crippen LogP contribution in [0.4, 0.5) is 0 Å². The summed E-state index contributed by atoms with van der Waals surface area (Å²) in [7, 11) is -1.71. The van der Waals surface area contributed by atoms with Crippen molar-refractivity contribution in [2.75, 3.05) is 0 Å². The van der Waals surface area contributed by atoms with Crippen molar-refractivity contribution in [3.63, 3.8) is 0 Å². The van der Waals surface area contributed by atoms with Gasteiger partial charge >= 0.3 is 0 Å². The van der Waals surface area contributed by atoms with E-state index >= 15 is 0 Å². The molecule has 29 heavy (non-hydrogen) atoms. The Morgan fingerprint density at radius 1 is 1.07 bits per heavy atom. The van der Waals surface area contributed by atoms with E-state index in [1.165, 1.54) is 38.5 Å². The van der Waals surface area contributed by atoms with E-state index in [-0.39, 0.29) is 10.5 Å². The summed E-state index contributed by atoms with van der Waals surface area (Å²) in [5, 5.41) is 10.00. The lowest BCUT2D eigenvalue weighted by atomic mass is 9.47. The second-order valence-electron chi connectivity index (χ2n) is 12.8. The smallest absolute Gasteiger partial charge is 0.192 e. The maximum atomic E-state index is 9.71. The van der Waals surface area contributed by atoms with Gasteiger partial charge in [-0.15, -0.1) is 0 Å². The number of nitrogens with zero attached hydrogens (tertiary/aromatic N) is 1. The van der Waals surface area contributed by atoms with Crippen LogP contribution in [0.5, 0.6) is 0 Å². The number of hydrogen-bond donors (Lipinski definition) is 0. The third-order valence-electron chi connectivity index (χ3n) is 10.5. The van der Waals surface area contributed by atoms with E-state index in [9.17, 15) is 5.26 Å². The molecular weight excluding hydrogens is 371 g/mol. The third-order valence-corrected chi connectivity index (χ3v) is 15.0. The molecule has 0 saturated heterocycles. The maximum absolute atomic E-state index is 9.71. The van der Waals surface area contributed by atoms with Crippen molar-refractivity contribution in [3.05, 3.63) is 11.6 Å². The van der Waals surface area contributed by atoms with Crippen molar-refractivity contribution in [1.82, 2.24) is 0 Å². The summed E-state index contributed by atoms with van der Waals surface area (Å²) < 4.78 is 6.85. The van der Waals surface area contributed by atoms with Crippen LogP contribution in [0.1, 0.15) is 86.0 Å². The van der Waals surface area contributed by atoms with Gasteiger partial charge < -0.3 is 4.43 Å². The molecule has 4 aliphatic rings. The first-order valence-electron chi connectivity index (χ1n) is 12.2. The minimum atomic E-state index is -1.71. The fourth-order valence-corrected chi connectivity index (χ4v) is 8.92. The Kier molecular flexibility index (Phi) is 5.19. The van der Waals surface area contributed by atoms with Crippen LogP contribution in [0.15, 0.2) is 11.6 Å². The van der Waals surface area contributed by atoms with E-state index in [1.807, 2.05) is 0 Å². The summed E-state index contributed by atoms with van der Waals surface area (Å²) in [6.07, 6.45) is 13.0. The molecule has 0 unspecified atom stereocenters. The fraction of sp³-hybridized carbons (Fsp3) is 0.885. The Balaban J connectivity index is 1.53. The molecule has 0 aromatic rings. The molecule has 4 aliphatic carbocycles. The van der Waals surface area contributed by atoms with Gasteiger partial charge in [-0.1, -0.05) is 46.3 Å². The minimum Gasteiger partial charge on any atom is -0.414 e. The molecule has 3 fully saturated rings. The van der Waals surface area contributed by atoms with Crippen LogP contribution in [-0.2, 0) is 4.43 Å². The van der Waals surface area contributed by atoms with Gasteiger partial charge in [0.15, 0.2) is 8.32 Å². The van der Waals surface area contributed by atoms with E-state index in [1.54, 1.807) is 5.57 Å². The lowest BCUT2D eigenvalue weighted by Crippen LogP contribution is -2.51. The molecule has 0 aromatic heterocycles. The highest BCUT2D eigenvalue weighted by atomic mass is 28.4. The number of hydrogen-bond acceptors (Lipinski definition) is 2. The first-order valence-corrected chi connectivity index (χ1v) is 15.1. The maximum Gasteiger partial charge on any atom is 0.192 e. The Hall–Kier alpha value is -0.593. The molecule has 3 heteroatoms. The normalized spacial score (nSPS) is 44.9. The summed E-state index contributed by atoms with van der Waals surface area (Å²) in [6, 6.07) is 2.68. The average Bonchev–Trinajstić information content (AvgIpc) is 2.97. The van der Waals surface area contributed by atoms with Crippen molar-refractivity contribution in [2.45, 2.75) is 110 Å². The van der Waals surface area contributed by atoms with Crippen molar-refractivity contribution < 1.29 is 4.43 Å². The van der Waals surface area contributed by atoms with E-state index in [0.29, 0.717) is 17.4 Å². The van der Waals surface area contributed by atoms with Crippen LogP contribution in [0.25, 0.3) is 0 Å². The zero-order valence-corrected chi connectivity index (χ0v) is 21.0. The first kappa shape index (κ1) is 21.6. The first-order chi connectivity index (χ1) is 13.4. The fourth-order valence-electron chi connectivity index (χ4n) is 7.53. The second-order valence-corrected chi connectivity index (χ2v) is 17.6. The van der Waals surface area contributed by atoms with Crippen LogP contribution in [0.2, 0.25) is 18.1 Å². The monoisotopic (exact) mass is 414 g/mol. The van der Waals surface area contributed by atoms with Crippen molar-refractivity contribution in [2.24, 2.45) is 34.5 Å². The molecule has 3 saturated carbocycles. The molecule has 0 aliphatic heterocycles. The van der Waals surface area contributed by atoms with Gasteiger partial charge in [0.25, 0.3) is 0 Å². The van der Waals surface area contributed by atoms with Gasteiger partial charge in [0.2, 0.25) is 0 Å². The highest BCUT2D eigenvalue weighted by Crippen LogP contribution is 2.66. The Labute approximate surface area is 180 Å². The van der Waals surface area contributed by atoms with Crippen LogP contribution < -0.4 is 0 Å². The lowest BCUT2D eigenvalue weighted by molar-refractivity contribution is -0.0424. The molecule has 0 amide bonds. The van der Waals surface area contributed by atoms with Crippen molar-refractivity contribution >= 4 is 8.32 Å². The number of allylic oxidation sites excluding steroid dienone is 1. The molecule has 0 spiro atoms. The van der Waals surface area contributed by atoms with Crippen LogP contribution in [-0.4, -0.2) is 14.4 Å². The number of nitriles is 1. The Morgan fingerprint density at radius 3 is 2.45 bits per heavy atom. The van der Waals surface area contributed by atoms with E-state index < -0.39 is 8.32 Å². The predicted molar refractivity (Wildman–Crippen MR) is 123 cm³/mol. The largest absolute Gasteiger partial charge is 0.414 e. The topological polar surface area (TPSA) is 33.0 Å². The van der Waals surface area contributed by atoms with E-state index in [0.717, 1.165) is 30.6 Å². The third kappa shape index (κ3) is 3.28. The van der Waals surface area contributed by atoms with Gasteiger partial charge in [-0.05, 0) is 98.1 Å². The molecule has 0 aromatic carbocycles. The van der Waals surface area contributed by atoms with E-state index in [2.05, 4.69) is 59.9 Å². The number of rotatable bonds is 2. The zero-order chi connectivity index (χ0) is 21.2. The summed E-state index contributed by atoms with van der Waals surface area (Å²) >= 11 is 0. The quantitative estimate of drug-likeness (QED) is 0.266. The minimum absolute atomic E-state index is 0.278. The van der Waals surface area contributed by atoms with Crippen LogP contribution in [0.3, 0.4) is 0 Å². The summed E-state index contributed by atoms with van der Waals surface area (Å²) in [4.78, 5) is 0. The molecule has 7 atom stereocenters. The van der Waals surface area contributed by atoms with Gasteiger partial charge in [-0.3, -0.25) is 0 Å². The molecular formula is C26H43NOSi.